The van der Waals surface area contributed by atoms with Gasteiger partial charge in [0.05, 0.1) is 22.2 Å². The van der Waals surface area contributed by atoms with Gasteiger partial charge in [-0.1, -0.05) is 23.7 Å². The maximum atomic E-state index is 13.2. The normalized spacial score (nSPS) is 15.9. The summed E-state index contributed by atoms with van der Waals surface area (Å²) < 4.78 is 13.2. The maximum Gasteiger partial charge on any atom is 0.283 e. The first-order valence-corrected chi connectivity index (χ1v) is 10.3. The van der Waals surface area contributed by atoms with Crippen LogP contribution >= 0.6 is 24.0 Å². The van der Waals surface area contributed by atoms with Gasteiger partial charge in [-0.15, -0.1) is 12.4 Å². The van der Waals surface area contributed by atoms with E-state index in [-0.39, 0.29) is 30.2 Å². The average molecular weight is 471 g/mol. The van der Waals surface area contributed by atoms with Gasteiger partial charge in [0.1, 0.15) is 5.82 Å². The van der Waals surface area contributed by atoms with E-state index in [1.54, 1.807) is 0 Å². The van der Waals surface area contributed by atoms with Gasteiger partial charge < -0.3 is 10.0 Å². The number of carbonyl (C=O) groups excluding carboxylic acids is 1. The molecule has 0 aromatic heterocycles. The smallest absolute Gasteiger partial charge is 0.283 e. The monoisotopic (exact) mass is 470 g/mol. The van der Waals surface area contributed by atoms with E-state index in [1.165, 1.54) is 6.07 Å². The van der Waals surface area contributed by atoms with Gasteiger partial charge in [0.15, 0.2) is 5.78 Å². The summed E-state index contributed by atoms with van der Waals surface area (Å²) in [6, 6.07) is 8.64. The number of nitrogens with zero attached hydrogens (tertiary/aromatic N) is 2. The van der Waals surface area contributed by atoms with Crippen molar-refractivity contribution in [2.45, 2.75) is 38.2 Å². The van der Waals surface area contributed by atoms with E-state index >= 15 is 0 Å². The third-order valence-electron chi connectivity index (χ3n) is 5.73. The Hall–Kier alpha value is -2.06. The molecule has 168 valence electrons. The Morgan fingerprint density at radius 1 is 1.26 bits per heavy atom. The van der Waals surface area contributed by atoms with E-state index in [9.17, 15) is 24.4 Å². The lowest BCUT2D eigenvalue weighted by Gasteiger charge is -2.38. The number of hydrogen-bond donors (Lipinski definition) is 1. The van der Waals surface area contributed by atoms with Crippen LogP contribution in [0, 0.1) is 22.9 Å². The first kappa shape index (κ1) is 25.2. The van der Waals surface area contributed by atoms with Gasteiger partial charge in [-0.2, -0.15) is 0 Å². The van der Waals surface area contributed by atoms with Gasteiger partial charge >= 0.3 is 0 Å². The molecule has 0 aliphatic carbocycles. The molecular weight excluding hydrogens is 446 g/mol. The van der Waals surface area contributed by atoms with Crippen LogP contribution in [0.25, 0.3) is 0 Å². The van der Waals surface area contributed by atoms with Crippen LogP contribution in [0.4, 0.5) is 10.1 Å². The standard InChI is InChI=1S/C22H24ClFN2O4.ClH/c1-15-4-5-16(13-19(15)23)22(28)8-11-25(12-9-22)10-2-3-21(27)18-7-6-17(24)14-20(18)26(29)30;/h4-7,13-14,28H,2-3,8-12H2,1H3;1H. The number of piperidine rings is 1. The van der Waals surface area contributed by atoms with E-state index in [2.05, 4.69) is 4.90 Å². The van der Waals surface area contributed by atoms with Gasteiger partial charge in [-0.3, -0.25) is 14.9 Å². The highest BCUT2D eigenvalue weighted by Crippen LogP contribution is 2.34. The number of benzene rings is 2. The number of aryl methyl sites for hydroxylation is 1. The molecule has 0 radical (unpaired) electrons. The number of hydrogen-bond acceptors (Lipinski definition) is 5. The topological polar surface area (TPSA) is 83.7 Å². The second-order valence-corrected chi connectivity index (χ2v) is 8.19. The van der Waals surface area contributed by atoms with Crippen molar-refractivity contribution in [1.29, 1.82) is 0 Å². The van der Waals surface area contributed by atoms with Crippen molar-refractivity contribution < 1.29 is 19.2 Å². The van der Waals surface area contributed by atoms with Crippen LogP contribution in [0.5, 0.6) is 0 Å². The quantitative estimate of drug-likeness (QED) is 0.347. The Morgan fingerprint density at radius 2 is 1.94 bits per heavy atom. The predicted octanol–water partition coefficient (Wildman–Crippen LogP) is 5.06. The van der Waals surface area contributed by atoms with Gasteiger partial charge in [-0.25, -0.2) is 4.39 Å². The van der Waals surface area contributed by atoms with Crippen LogP contribution in [0.2, 0.25) is 5.02 Å². The van der Waals surface area contributed by atoms with Crippen LogP contribution in [0.1, 0.15) is 47.2 Å². The van der Waals surface area contributed by atoms with Crippen molar-refractivity contribution in [3.05, 3.63) is 74.0 Å². The van der Waals surface area contributed by atoms with Crippen LogP contribution < -0.4 is 0 Å². The number of nitro groups is 1. The molecule has 3 rings (SSSR count). The summed E-state index contributed by atoms with van der Waals surface area (Å²) in [7, 11) is 0. The molecule has 1 saturated heterocycles. The summed E-state index contributed by atoms with van der Waals surface area (Å²) in [4.78, 5) is 24.9. The first-order valence-electron chi connectivity index (χ1n) is 9.88. The largest absolute Gasteiger partial charge is 0.385 e. The Bertz CT molecular complexity index is 963. The van der Waals surface area contributed by atoms with Gasteiger partial charge in [-0.05, 0) is 62.1 Å². The number of aliphatic hydroxyl groups is 1. The molecule has 1 N–H and O–H groups in total. The minimum atomic E-state index is -0.918. The lowest BCUT2D eigenvalue weighted by molar-refractivity contribution is -0.385. The van der Waals surface area contributed by atoms with Gasteiger partial charge in [0, 0.05) is 24.5 Å². The molecule has 0 atom stereocenters. The maximum absolute atomic E-state index is 13.2. The third-order valence-corrected chi connectivity index (χ3v) is 6.13. The van der Waals surface area contributed by atoms with E-state index in [0.717, 1.165) is 23.3 Å². The van der Waals surface area contributed by atoms with E-state index in [4.69, 9.17) is 11.6 Å². The Kier molecular flexibility index (Phi) is 8.54. The van der Waals surface area contributed by atoms with Crippen LogP contribution in [0.15, 0.2) is 36.4 Å². The van der Waals surface area contributed by atoms with E-state index in [0.29, 0.717) is 43.9 Å². The number of Topliss-reactive ketones (excluding diaryl/α,β-unsaturated/α-hetero) is 1. The Balaban J connectivity index is 0.00000341. The fraction of sp³-hybridized carbons (Fsp3) is 0.409. The zero-order valence-electron chi connectivity index (χ0n) is 17.1. The predicted molar refractivity (Wildman–Crippen MR) is 120 cm³/mol. The highest BCUT2D eigenvalue weighted by atomic mass is 35.5. The van der Waals surface area contributed by atoms with E-state index in [1.807, 2.05) is 25.1 Å². The average Bonchev–Trinajstić information content (AvgIpc) is 2.71. The van der Waals surface area contributed by atoms with Crippen molar-refractivity contribution in [2.75, 3.05) is 19.6 Å². The number of ketones is 1. The first-order chi connectivity index (χ1) is 14.2. The molecule has 2 aromatic rings. The molecule has 0 unspecified atom stereocenters. The van der Waals surface area contributed by atoms with Crippen LogP contribution in [0.3, 0.4) is 0 Å². The van der Waals surface area contributed by atoms with Crippen molar-refractivity contribution in [1.82, 2.24) is 4.90 Å². The van der Waals surface area contributed by atoms with Crippen LogP contribution in [-0.4, -0.2) is 40.3 Å². The lowest BCUT2D eigenvalue weighted by Crippen LogP contribution is -2.43. The zero-order valence-corrected chi connectivity index (χ0v) is 18.7. The number of rotatable bonds is 7. The lowest BCUT2D eigenvalue weighted by atomic mass is 9.84. The molecule has 6 nitrogen and oxygen atoms in total. The summed E-state index contributed by atoms with van der Waals surface area (Å²) in [5, 5.41) is 22.7. The summed E-state index contributed by atoms with van der Waals surface area (Å²) in [6.07, 6.45) is 1.79. The fourth-order valence-electron chi connectivity index (χ4n) is 3.81. The SMILES string of the molecule is Cc1ccc(C2(O)CCN(CCCC(=O)c3ccc(F)cc3[N+](=O)[O-])CC2)cc1Cl.Cl. The molecule has 0 saturated carbocycles. The second-order valence-electron chi connectivity index (χ2n) is 7.78. The molecule has 9 heteroatoms. The summed E-state index contributed by atoms with van der Waals surface area (Å²) in [5.74, 6) is -1.11. The van der Waals surface area contributed by atoms with Crippen molar-refractivity contribution in [2.24, 2.45) is 0 Å². The molecule has 1 fully saturated rings. The Morgan fingerprint density at radius 3 is 2.55 bits per heavy atom. The molecule has 0 spiro atoms. The number of nitro benzene ring substituents is 1. The third kappa shape index (κ3) is 6.01. The van der Waals surface area contributed by atoms with Gasteiger partial charge in [0.2, 0.25) is 0 Å². The van der Waals surface area contributed by atoms with Crippen molar-refractivity contribution >= 4 is 35.5 Å². The minimum absolute atomic E-state index is 0. The minimum Gasteiger partial charge on any atom is -0.385 e. The highest BCUT2D eigenvalue weighted by molar-refractivity contribution is 6.31. The van der Waals surface area contributed by atoms with Crippen molar-refractivity contribution in [3.8, 4) is 0 Å². The molecule has 1 aliphatic rings. The zero-order chi connectivity index (χ0) is 21.9. The number of likely N-dealkylation sites (tertiary alicyclic amines) is 1. The second kappa shape index (κ2) is 10.5. The Labute approximate surface area is 191 Å². The molecule has 1 aliphatic heterocycles. The molecule has 0 bridgehead atoms. The molecule has 1 heterocycles. The number of carbonyl (C=O) groups is 1. The molecule has 0 amide bonds. The summed E-state index contributed by atoms with van der Waals surface area (Å²) >= 11 is 6.20. The van der Waals surface area contributed by atoms with E-state index < -0.39 is 22.0 Å². The highest BCUT2D eigenvalue weighted by Gasteiger charge is 2.34. The summed E-state index contributed by atoms with van der Waals surface area (Å²) in [6.45, 7) is 3.91. The van der Waals surface area contributed by atoms with Crippen molar-refractivity contribution in [3.63, 3.8) is 0 Å². The molecular formula is C22H25Cl2FN2O4. The van der Waals surface area contributed by atoms with Crippen LogP contribution in [-0.2, 0) is 5.60 Å². The van der Waals surface area contributed by atoms with Gasteiger partial charge in [0.25, 0.3) is 5.69 Å². The fourth-order valence-corrected chi connectivity index (χ4v) is 3.99. The molecule has 31 heavy (non-hydrogen) atoms. The number of halogens is 3. The molecule has 2 aromatic carbocycles. The summed E-state index contributed by atoms with van der Waals surface area (Å²) in [5.41, 5.74) is 0.299.